The molecule has 0 radical (unpaired) electrons. The third kappa shape index (κ3) is 2.26. The second-order valence-electron chi connectivity index (χ2n) is 6.57. The summed E-state index contributed by atoms with van der Waals surface area (Å²) in [7, 11) is 0. The number of aromatic nitrogens is 2. The first-order valence-corrected chi connectivity index (χ1v) is 8.52. The summed E-state index contributed by atoms with van der Waals surface area (Å²) in [6.07, 6.45) is 0. The van der Waals surface area contributed by atoms with Gasteiger partial charge in [-0.1, -0.05) is 24.3 Å². The largest absolute Gasteiger partial charge is 0.454 e. The molecule has 1 amide bonds. The van der Waals surface area contributed by atoms with Crippen molar-refractivity contribution in [3.05, 3.63) is 64.8 Å². The van der Waals surface area contributed by atoms with Gasteiger partial charge in [-0.3, -0.25) is 9.89 Å². The molecule has 2 aliphatic rings. The molecule has 0 spiro atoms. The summed E-state index contributed by atoms with van der Waals surface area (Å²) < 4.78 is 10.7. The molecule has 6 nitrogen and oxygen atoms in total. The maximum atomic E-state index is 12.9. The van der Waals surface area contributed by atoms with Gasteiger partial charge in [0.05, 0.1) is 24.5 Å². The Labute approximate surface area is 150 Å². The number of aromatic amines is 1. The average Bonchev–Trinajstić information content (AvgIpc) is 3.36. The van der Waals surface area contributed by atoms with E-state index in [0.717, 1.165) is 22.5 Å². The first-order chi connectivity index (χ1) is 12.7. The van der Waals surface area contributed by atoms with E-state index < -0.39 is 0 Å². The Morgan fingerprint density at radius 2 is 1.96 bits per heavy atom. The molecule has 2 aromatic carbocycles. The predicted octanol–water partition coefficient (Wildman–Crippen LogP) is 3.27. The Bertz CT molecular complexity index is 1020. The van der Waals surface area contributed by atoms with Crippen LogP contribution < -0.4 is 9.47 Å². The lowest BCUT2D eigenvalue weighted by atomic mass is 10.0. The van der Waals surface area contributed by atoms with Crippen LogP contribution in [-0.2, 0) is 13.1 Å². The van der Waals surface area contributed by atoms with Gasteiger partial charge in [0.25, 0.3) is 5.91 Å². The van der Waals surface area contributed by atoms with Gasteiger partial charge < -0.3 is 14.4 Å². The fraction of sp³-hybridized carbons (Fsp3) is 0.200. The molecule has 0 aliphatic carbocycles. The van der Waals surface area contributed by atoms with Gasteiger partial charge in [-0.05, 0) is 30.7 Å². The predicted molar refractivity (Wildman–Crippen MR) is 94.9 cm³/mol. The number of hydrogen-bond acceptors (Lipinski definition) is 4. The third-order valence-corrected chi connectivity index (χ3v) is 4.96. The first kappa shape index (κ1) is 15.0. The van der Waals surface area contributed by atoms with Gasteiger partial charge in [-0.15, -0.1) is 0 Å². The summed E-state index contributed by atoms with van der Waals surface area (Å²) in [5, 5.41) is 7.58. The van der Waals surface area contributed by atoms with Gasteiger partial charge >= 0.3 is 0 Å². The maximum absolute atomic E-state index is 12.9. The number of nitrogens with zero attached hydrogens (tertiary/aromatic N) is 2. The van der Waals surface area contributed by atoms with Gasteiger partial charge in [0, 0.05) is 16.7 Å². The Balaban J connectivity index is 1.43. The fourth-order valence-corrected chi connectivity index (χ4v) is 3.56. The molecule has 3 aromatic rings. The molecular formula is C20H17N3O3. The zero-order valence-corrected chi connectivity index (χ0v) is 14.3. The van der Waals surface area contributed by atoms with Crippen LogP contribution in [0.1, 0.15) is 27.2 Å². The maximum Gasteiger partial charge on any atom is 0.254 e. The minimum absolute atomic E-state index is 0.0244. The number of amides is 1. The molecule has 2 aliphatic heterocycles. The number of benzene rings is 2. The number of nitrogens with one attached hydrogen (secondary N) is 1. The van der Waals surface area contributed by atoms with Gasteiger partial charge in [0.1, 0.15) is 0 Å². The van der Waals surface area contributed by atoms with Gasteiger partial charge in [-0.25, -0.2) is 0 Å². The van der Waals surface area contributed by atoms with E-state index in [-0.39, 0.29) is 12.7 Å². The molecule has 6 heteroatoms. The lowest BCUT2D eigenvalue weighted by molar-refractivity contribution is 0.0749. The molecule has 5 rings (SSSR count). The van der Waals surface area contributed by atoms with Crippen molar-refractivity contribution in [2.75, 3.05) is 6.79 Å². The van der Waals surface area contributed by atoms with Crippen LogP contribution in [0, 0.1) is 6.92 Å². The van der Waals surface area contributed by atoms with E-state index in [0.29, 0.717) is 30.2 Å². The standard InChI is InChI=1S/C20H17N3O3/c1-12-4-2-3-5-14(12)19-15-9-23(10-16(15)21-22-19)20(24)13-6-7-17-18(8-13)26-11-25-17/h2-8H,9-11H2,1H3,(H,21,22). The first-order valence-electron chi connectivity index (χ1n) is 8.52. The normalized spacial score (nSPS) is 14.6. The summed E-state index contributed by atoms with van der Waals surface area (Å²) >= 11 is 0. The number of H-pyrrole nitrogens is 1. The number of ether oxygens (including phenoxy) is 2. The van der Waals surface area contributed by atoms with E-state index >= 15 is 0 Å². The Hall–Kier alpha value is -3.28. The van der Waals surface area contributed by atoms with Crippen molar-refractivity contribution < 1.29 is 14.3 Å². The van der Waals surface area contributed by atoms with Crippen molar-refractivity contribution in [3.63, 3.8) is 0 Å². The van der Waals surface area contributed by atoms with Crippen molar-refractivity contribution in [2.45, 2.75) is 20.0 Å². The van der Waals surface area contributed by atoms with Crippen LogP contribution in [0.25, 0.3) is 11.3 Å². The van der Waals surface area contributed by atoms with E-state index in [1.807, 2.05) is 17.0 Å². The van der Waals surface area contributed by atoms with Gasteiger partial charge in [0.15, 0.2) is 11.5 Å². The van der Waals surface area contributed by atoms with Crippen LogP contribution in [0.2, 0.25) is 0 Å². The van der Waals surface area contributed by atoms with E-state index in [2.05, 4.69) is 29.3 Å². The molecular weight excluding hydrogens is 330 g/mol. The molecule has 26 heavy (non-hydrogen) atoms. The average molecular weight is 347 g/mol. The highest BCUT2D eigenvalue weighted by Gasteiger charge is 2.30. The van der Waals surface area contributed by atoms with E-state index in [1.165, 1.54) is 5.56 Å². The Morgan fingerprint density at radius 3 is 2.85 bits per heavy atom. The number of hydrogen-bond donors (Lipinski definition) is 1. The van der Waals surface area contributed by atoms with Crippen LogP contribution in [0.5, 0.6) is 11.5 Å². The number of carbonyl (C=O) groups is 1. The van der Waals surface area contributed by atoms with Gasteiger partial charge in [-0.2, -0.15) is 5.10 Å². The van der Waals surface area contributed by atoms with Crippen LogP contribution in [0.3, 0.4) is 0 Å². The summed E-state index contributed by atoms with van der Waals surface area (Å²) in [6, 6.07) is 13.5. The summed E-state index contributed by atoms with van der Waals surface area (Å²) in [4.78, 5) is 14.7. The zero-order valence-electron chi connectivity index (χ0n) is 14.3. The monoisotopic (exact) mass is 347 g/mol. The fourth-order valence-electron chi connectivity index (χ4n) is 3.56. The zero-order chi connectivity index (χ0) is 17.7. The number of fused-ring (bicyclic) bond motifs is 2. The van der Waals surface area contributed by atoms with Crippen molar-refractivity contribution in [1.29, 1.82) is 0 Å². The summed E-state index contributed by atoms with van der Waals surface area (Å²) in [5.41, 5.74) is 5.89. The molecule has 0 saturated carbocycles. The van der Waals surface area contributed by atoms with Crippen LogP contribution >= 0.6 is 0 Å². The van der Waals surface area contributed by atoms with Crippen molar-refractivity contribution in [2.24, 2.45) is 0 Å². The summed E-state index contributed by atoms with van der Waals surface area (Å²) in [5.74, 6) is 1.28. The SMILES string of the molecule is Cc1ccccc1-c1n[nH]c2c1CN(C(=O)c1ccc3c(c1)OCO3)C2. The lowest BCUT2D eigenvalue weighted by Gasteiger charge is -2.16. The summed E-state index contributed by atoms with van der Waals surface area (Å²) in [6.45, 7) is 3.35. The van der Waals surface area contributed by atoms with E-state index in [4.69, 9.17) is 9.47 Å². The third-order valence-electron chi connectivity index (χ3n) is 4.96. The molecule has 130 valence electrons. The van der Waals surface area contributed by atoms with Crippen molar-refractivity contribution in [3.8, 4) is 22.8 Å². The molecule has 0 atom stereocenters. The Kier molecular flexibility index (Phi) is 3.25. The second kappa shape index (κ2) is 5.62. The molecule has 0 unspecified atom stereocenters. The molecule has 1 aromatic heterocycles. The molecule has 0 saturated heterocycles. The second-order valence-corrected chi connectivity index (χ2v) is 6.57. The van der Waals surface area contributed by atoms with Gasteiger partial charge in [0.2, 0.25) is 6.79 Å². The molecule has 0 bridgehead atoms. The van der Waals surface area contributed by atoms with Crippen LogP contribution in [-0.4, -0.2) is 27.8 Å². The topological polar surface area (TPSA) is 67.5 Å². The molecule has 1 N–H and O–H groups in total. The van der Waals surface area contributed by atoms with Crippen molar-refractivity contribution >= 4 is 5.91 Å². The quantitative estimate of drug-likeness (QED) is 0.773. The van der Waals surface area contributed by atoms with Crippen LogP contribution in [0.4, 0.5) is 0 Å². The number of carbonyl (C=O) groups excluding carboxylic acids is 1. The number of aryl methyl sites for hydroxylation is 1. The lowest BCUT2D eigenvalue weighted by Crippen LogP contribution is -2.25. The van der Waals surface area contributed by atoms with E-state index in [9.17, 15) is 4.79 Å². The highest BCUT2D eigenvalue weighted by atomic mass is 16.7. The highest BCUT2D eigenvalue weighted by Crippen LogP contribution is 2.35. The number of rotatable bonds is 2. The van der Waals surface area contributed by atoms with E-state index in [1.54, 1.807) is 18.2 Å². The minimum atomic E-state index is -0.0244. The van der Waals surface area contributed by atoms with Crippen molar-refractivity contribution in [1.82, 2.24) is 15.1 Å². The highest BCUT2D eigenvalue weighted by molar-refractivity contribution is 5.95. The minimum Gasteiger partial charge on any atom is -0.454 e. The molecule has 0 fully saturated rings. The van der Waals surface area contributed by atoms with Crippen LogP contribution in [0.15, 0.2) is 42.5 Å². The Morgan fingerprint density at radius 1 is 1.12 bits per heavy atom. The smallest absolute Gasteiger partial charge is 0.254 e. The molecule has 3 heterocycles.